The standard InChI is InChI=1S/C17H22N2O3S/c1-3-19-14-8-5-4-7-13(14)15(11-17(19)21)23-12-16(20)18-9-6-10-22-2/h4-5,7-8,11H,3,6,9-10,12H2,1-2H3,(H,18,20). The first-order chi connectivity index (χ1) is 11.2. The number of fused-ring (bicyclic) bond motifs is 1. The van der Waals surface area contributed by atoms with Crippen molar-refractivity contribution in [3.8, 4) is 0 Å². The minimum Gasteiger partial charge on any atom is -0.385 e. The van der Waals surface area contributed by atoms with Crippen molar-refractivity contribution in [2.45, 2.75) is 24.8 Å². The maximum Gasteiger partial charge on any atom is 0.252 e. The van der Waals surface area contributed by atoms with E-state index in [4.69, 9.17) is 4.74 Å². The van der Waals surface area contributed by atoms with Crippen molar-refractivity contribution in [3.63, 3.8) is 0 Å². The van der Waals surface area contributed by atoms with Crippen molar-refractivity contribution in [2.24, 2.45) is 0 Å². The van der Waals surface area contributed by atoms with Crippen LogP contribution >= 0.6 is 11.8 Å². The van der Waals surface area contributed by atoms with Crippen LogP contribution in [0.4, 0.5) is 0 Å². The minimum absolute atomic E-state index is 0.0325. The van der Waals surface area contributed by atoms with Gasteiger partial charge in [-0.25, -0.2) is 0 Å². The first-order valence-corrected chi connectivity index (χ1v) is 8.67. The van der Waals surface area contributed by atoms with E-state index >= 15 is 0 Å². The smallest absolute Gasteiger partial charge is 0.252 e. The SMILES string of the molecule is CCn1c(=O)cc(SCC(=O)NCCCOC)c2ccccc21. The molecular weight excluding hydrogens is 312 g/mol. The second-order valence-corrected chi connectivity index (χ2v) is 6.11. The minimum atomic E-state index is -0.0331. The van der Waals surface area contributed by atoms with Crippen molar-refractivity contribution >= 4 is 28.6 Å². The molecule has 0 saturated carbocycles. The van der Waals surface area contributed by atoms with Crippen LogP contribution in [-0.2, 0) is 16.1 Å². The van der Waals surface area contributed by atoms with Crippen molar-refractivity contribution in [1.29, 1.82) is 0 Å². The molecule has 0 fully saturated rings. The molecule has 0 aliphatic heterocycles. The molecule has 5 nitrogen and oxygen atoms in total. The van der Waals surface area contributed by atoms with Crippen molar-refractivity contribution in [3.05, 3.63) is 40.7 Å². The monoisotopic (exact) mass is 334 g/mol. The molecule has 0 atom stereocenters. The van der Waals surface area contributed by atoms with Gasteiger partial charge in [-0.1, -0.05) is 18.2 Å². The van der Waals surface area contributed by atoms with Crippen LogP contribution in [0.2, 0.25) is 0 Å². The summed E-state index contributed by atoms with van der Waals surface area (Å²) in [4.78, 5) is 24.9. The average molecular weight is 334 g/mol. The van der Waals surface area contributed by atoms with E-state index in [0.29, 0.717) is 25.4 Å². The molecule has 0 aliphatic carbocycles. The van der Waals surface area contributed by atoms with Crippen LogP contribution in [0.25, 0.3) is 10.9 Å². The number of rotatable bonds is 8. The lowest BCUT2D eigenvalue weighted by atomic mass is 10.2. The number of ether oxygens (including phenoxy) is 1. The highest BCUT2D eigenvalue weighted by Gasteiger charge is 2.10. The zero-order valence-corrected chi connectivity index (χ0v) is 14.3. The lowest BCUT2D eigenvalue weighted by Gasteiger charge is -2.11. The first-order valence-electron chi connectivity index (χ1n) is 7.68. The van der Waals surface area contributed by atoms with Gasteiger partial charge in [0.05, 0.1) is 11.3 Å². The number of aromatic nitrogens is 1. The lowest BCUT2D eigenvalue weighted by molar-refractivity contribution is -0.118. The Balaban J connectivity index is 2.09. The molecule has 124 valence electrons. The molecule has 0 bridgehead atoms. The fourth-order valence-corrected chi connectivity index (χ4v) is 3.29. The highest BCUT2D eigenvalue weighted by Crippen LogP contribution is 2.26. The average Bonchev–Trinajstić information content (AvgIpc) is 2.56. The molecular formula is C17H22N2O3S. The number of thioether (sulfide) groups is 1. The fraction of sp³-hybridized carbons (Fsp3) is 0.412. The van der Waals surface area contributed by atoms with Gasteiger partial charge < -0.3 is 14.6 Å². The molecule has 1 heterocycles. The Morgan fingerprint density at radius 2 is 2.13 bits per heavy atom. The van der Waals surface area contributed by atoms with Gasteiger partial charge in [0.15, 0.2) is 0 Å². The van der Waals surface area contributed by atoms with Gasteiger partial charge in [-0.15, -0.1) is 11.8 Å². The molecule has 0 radical (unpaired) electrons. The van der Waals surface area contributed by atoms with Gasteiger partial charge in [-0.05, 0) is 19.4 Å². The number of methoxy groups -OCH3 is 1. The number of nitrogens with one attached hydrogen (secondary N) is 1. The van der Waals surface area contributed by atoms with Crippen molar-refractivity contribution in [2.75, 3.05) is 26.0 Å². The quantitative estimate of drug-likeness (QED) is 0.594. The molecule has 2 rings (SSSR count). The van der Waals surface area contributed by atoms with E-state index < -0.39 is 0 Å². The topological polar surface area (TPSA) is 60.3 Å². The summed E-state index contributed by atoms with van der Waals surface area (Å²) in [6, 6.07) is 9.41. The summed E-state index contributed by atoms with van der Waals surface area (Å²) in [5.41, 5.74) is 0.875. The zero-order chi connectivity index (χ0) is 16.7. The van der Waals surface area contributed by atoms with E-state index in [0.717, 1.165) is 22.2 Å². The largest absolute Gasteiger partial charge is 0.385 e. The number of pyridine rings is 1. The molecule has 2 aromatic rings. The van der Waals surface area contributed by atoms with E-state index in [1.807, 2.05) is 31.2 Å². The molecule has 1 aromatic heterocycles. The third kappa shape index (κ3) is 4.59. The summed E-state index contributed by atoms with van der Waals surface area (Å²) in [6.45, 7) is 3.82. The molecule has 0 aliphatic rings. The molecule has 6 heteroatoms. The molecule has 0 saturated heterocycles. The summed E-state index contributed by atoms with van der Waals surface area (Å²) in [6.07, 6.45) is 0.794. The Kier molecular flexibility index (Phi) is 6.67. The second kappa shape index (κ2) is 8.74. The first kappa shape index (κ1) is 17.6. The van der Waals surface area contributed by atoms with Crippen LogP contribution in [0.15, 0.2) is 40.0 Å². The number of hydrogen-bond donors (Lipinski definition) is 1. The Hall–Kier alpha value is -1.79. The molecule has 1 N–H and O–H groups in total. The van der Waals surface area contributed by atoms with Crippen LogP contribution in [-0.4, -0.2) is 36.5 Å². The molecule has 1 amide bonds. The number of para-hydroxylation sites is 1. The number of hydrogen-bond acceptors (Lipinski definition) is 4. The van der Waals surface area contributed by atoms with Crippen molar-refractivity contribution < 1.29 is 9.53 Å². The van der Waals surface area contributed by atoms with E-state index in [9.17, 15) is 9.59 Å². The predicted octanol–water partition coefficient (Wildman–Crippen LogP) is 2.27. The third-order valence-electron chi connectivity index (χ3n) is 3.50. The number of benzene rings is 1. The number of nitrogens with zero attached hydrogens (tertiary/aromatic N) is 1. The van der Waals surface area contributed by atoms with Crippen LogP contribution in [0.3, 0.4) is 0 Å². The molecule has 0 spiro atoms. The van der Waals surface area contributed by atoms with Gasteiger partial charge in [0.25, 0.3) is 5.56 Å². The fourth-order valence-electron chi connectivity index (χ4n) is 2.39. The summed E-state index contributed by atoms with van der Waals surface area (Å²) >= 11 is 1.40. The van der Waals surface area contributed by atoms with Gasteiger partial charge >= 0.3 is 0 Å². The zero-order valence-electron chi connectivity index (χ0n) is 13.5. The summed E-state index contributed by atoms with van der Waals surface area (Å²) in [7, 11) is 1.64. The Labute approximate surface area is 140 Å². The number of carbonyl (C=O) groups excluding carboxylic acids is 1. The van der Waals surface area contributed by atoms with Crippen LogP contribution in [0.1, 0.15) is 13.3 Å². The van der Waals surface area contributed by atoms with Crippen LogP contribution in [0.5, 0.6) is 0 Å². The third-order valence-corrected chi connectivity index (χ3v) is 4.56. The van der Waals surface area contributed by atoms with E-state index in [1.54, 1.807) is 17.7 Å². The van der Waals surface area contributed by atoms with E-state index in [1.165, 1.54) is 11.8 Å². The summed E-state index contributed by atoms with van der Waals surface area (Å²) in [5, 5.41) is 3.86. The lowest BCUT2D eigenvalue weighted by Crippen LogP contribution is -2.27. The maximum atomic E-state index is 12.2. The van der Waals surface area contributed by atoms with Crippen LogP contribution < -0.4 is 10.9 Å². The Morgan fingerprint density at radius 1 is 1.35 bits per heavy atom. The number of carbonyl (C=O) groups is 1. The van der Waals surface area contributed by atoms with Crippen molar-refractivity contribution in [1.82, 2.24) is 9.88 Å². The van der Waals surface area contributed by atoms with Gasteiger partial charge in [0.1, 0.15) is 0 Å². The molecule has 1 aromatic carbocycles. The van der Waals surface area contributed by atoms with Crippen LogP contribution in [0, 0.1) is 0 Å². The second-order valence-electron chi connectivity index (χ2n) is 5.09. The van der Waals surface area contributed by atoms with E-state index in [-0.39, 0.29) is 11.5 Å². The Morgan fingerprint density at radius 3 is 2.87 bits per heavy atom. The number of aryl methyl sites for hydroxylation is 1. The number of amides is 1. The van der Waals surface area contributed by atoms with Gasteiger partial charge in [-0.2, -0.15) is 0 Å². The predicted molar refractivity (Wildman–Crippen MR) is 94.1 cm³/mol. The Bertz CT molecular complexity index is 727. The highest BCUT2D eigenvalue weighted by molar-refractivity contribution is 8.00. The highest BCUT2D eigenvalue weighted by atomic mass is 32.2. The summed E-state index contributed by atoms with van der Waals surface area (Å²) in [5.74, 6) is 0.266. The van der Waals surface area contributed by atoms with Gasteiger partial charge in [0.2, 0.25) is 5.91 Å². The summed E-state index contributed by atoms with van der Waals surface area (Å²) < 4.78 is 6.68. The molecule has 23 heavy (non-hydrogen) atoms. The van der Waals surface area contributed by atoms with E-state index in [2.05, 4.69) is 5.32 Å². The van der Waals surface area contributed by atoms with Gasteiger partial charge in [0, 0.05) is 43.2 Å². The normalized spacial score (nSPS) is 10.9. The van der Waals surface area contributed by atoms with Gasteiger partial charge in [-0.3, -0.25) is 9.59 Å². The maximum absolute atomic E-state index is 12.2. The molecule has 0 unspecified atom stereocenters.